The van der Waals surface area contributed by atoms with Crippen LogP contribution in [0.4, 0.5) is 37.7 Å². The van der Waals surface area contributed by atoms with Crippen LogP contribution in [0.2, 0.25) is 0 Å². The van der Waals surface area contributed by atoms with Crippen LogP contribution in [-0.2, 0) is 33.9 Å². The first kappa shape index (κ1) is 41.6. The molecule has 6 rings (SSSR count). The van der Waals surface area contributed by atoms with Crippen LogP contribution in [0.3, 0.4) is 0 Å². The van der Waals surface area contributed by atoms with Crippen LogP contribution >= 0.6 is 0 Å². The number of carbonyl (C=O) groups excluding carboxylic acids is 1. The van der Waals surface area contributed by atoms with Crippen molar-refractivity contribution in [2.75, 3.05) is 0 Å². The first-order chi connectivity index (χ1) is 26.7. The standard InChI is InChI=1S/C19H15F3N2O5.C19H15F3N2O4/c20-19(21,22)18(27,9-17(25)26)15-11-23(10-12-4-2-1-3-5-12)16-8-13(24(28)29)6-7-14(15)16;20-19(21,22)18(26,8-9-25)16-12-23(11-13-4-2-1-3-5-13)17-10-14(24(27)28)6-7-15(16)17/h1-8,11,27H,9-10H2,(H,25,26);1-7,9-10,12,26H,8,11H2. The van der Waals surface area contributed by atoms with E-state index in [1.54, 1.807) is 60.7 Å². The molecule has 6 aromatic rings. The number of carboxylic acids is 1. The van der Waals surface area contributed by atoms with Gasteiger partial charge in [0.1, 0.15) is 6.29 Å². The second-order valence-electron chi connectivity index (χ2n) is 12.9. The SMILES string of the molecule is O=C(O)CC(O)(c1cn(Cc2ccccc2)c2cc([N+](=O)[O-])ccc12)C(F)(F)F.O=CCC(O)(c1cn(Cc2ccccc2)c2cc([N+](=O)[O-])ccc12)C(F)(F)F. The van der Waals surface area contributed by atoms with E-state index >= 15 is 0 Å². The number of aliphatic carboxylic acids is 1. The molecule has 2 atom stereocenters. The fourth-order valence-electron chi connectivity index (χ4n) is 6.33. The number of nitro groups is 2. The molecule has 0 radical (unpaired) electrons. The third-order valence-corrected chi connectivity index (χ3v) is 9.16. The van der Waals surface area contributed by atoms with Gasteiger partial charge in [-0.05, 0) is 23.3 Å². The van der Waals surface area contributed by atoms with Crippen LogP contribution in [0.5, 0.6) is 0 Å². The number of halogens is 6. The van der Waals surface area contributed by atoms with Gasteiger partial charge in [-0.15, -0.1) is 0 Å². The Bertz CT molecular complexity index is 2450. The summed E-state index contributed by atoms with van der Waals surface area (Å²) in [6, 6.07) is 24.0. The Hall–Kier alpha value is -6.60. The summed E-state index contributed by atoms with van der Waals surface area (Å²) in [4.78, 5) is 42.8. The molecule has 0 bridgehead atoms. The predicted octanol–water partition coefficient (Wildman–Crippen LogP) is 7.76. The number of carbonyl (C=O) groups is 2. The molecule has 0 fully saturated rings. The topological polar surface area (TPSA) is 191 Å². The first-order valence-electron chi connectivity index (χ1n) is 16.6. The van der Waals surface area contributed by atoms with Crippen molar-refractivity contribution in [1.82, 2.24) is 9.13 Å². The van der Waals surface area contributed by atoms with Gasteiger partial charge in [0, 0.05) is 78.1 Å². The molecule has 0 amide bonds. The number of aldehydes is 1. The summed E-state index contributed by atoms with van der Waals surface area (Å²) in [6.07, 6.45) is -11.1. The largest absolute Gasteiger partial charge is 0.481 e. The summed E-state index contributed by atoms with van der Waals surface area (Å²) in [7, 11) is 0. The second kappa shape index (κ2) is 15.9. The van der Waals surface area contributed by atoms with Crippen LogP contribution in [0.15, 0.2) is 109 Å². The highest BCUT2D eigenvalue weighted by atomic mass is 19.4. The smallest absolute Gasteiger partial charge is 0.422 e. The fraction of sp³-hybridized carbons (Fsp3) is 0.211. The molecule has 0 saturated heterocycles. The van der Waals surface area contributed by atoms with Crippen molar-refractivity contribution >= 4 is 45.4 Å². The van der Waals surface area contributed by atoms with Gasteiger partial charge in [-0.25, -0.2) is 0 Å². The van der Waals surface area contributed by atoms with Crippen LogP contribution < -0.4 is 0 Å². The summed E-state index contributed by atoms with van der Waals surface area (Å²) in [5.41, 5.74) is -7.20. The molecule has 298 valence electrons. The lowest BCUT2D eigenvalue weighted by atomic mass is 9.89. The van der Waals surface area contributed by atoms with Crippen molar-refractivity contribution in [1.29, 1.82) is 0 Å². The zero-order valence-corrected chi connectivity index (χ0v) is 29.1. The van der Waals surface area contributed by atoms with Gasteiger partial charge in [0.25, 0.3) is 11.4 Å². The zero-order valence-electron chi connectivity index (χ0n) is 29.1. The molecule has 0 saturated carbocycles. The van der Waals surface area contributed by atoms with E-state index < -0.39 is 63.3 Å². The number of nitro benzene ring substituents is 2. The van der Waals surface area contributed by atoms with Crippen LogP contribution in [-0.4, -0.2) is 58.9 Å². The van der Waals surface area contributed by atoms with Gasteiger partial charge in [0.15, 0.2) is 11.2 Å². The molecule has 19 heteroatoms. The molecular weight excluding hydrogens is 770 g/mol. The van der Waals surface area contributed by atoms with Crippen LogP contribution in [0.1, 0.15) is 35.1 Å². The van der Waals surface area contributed by atoms with Gasteiger partial charge in [-0.1, -0.05) is 60.7 Å². The Morgan fingerprint density at radius 3 is 1.37 bits per heavy atom. The number of alkyl halides is 6. The van der Waals surface area contributed by atoms with E-state index in [1.165, 1.54) is 9.13 Å². The lowest BCUT2D eigenvalue weighted by molar-refractivity contribution is -0.384. The third kappa shape index (κ3) is 8.48. The minimum atomic E-state index is -5.28. The van der Waals surface area contributed by atoms with Gasteiger partial charge in [0.05, 0.1) is 27.3 Å². The summed E-state index contributed by atoms with van der Waals surface area (Å²) >= 11 is 0. The first-order valence-corrected chi connectivity index (χ1v) is 16.6. The van der Waals surface area contributed by atoms with Crippen molar-refractivity contribution in [3.63, 3.8) is 0 Å². The monoisotopic (exact) mass is 800 g/mol. The van der Waals surface area contributed by atoms with E-state index in [1.807, 2.05) is 0 Å². The van der Waals surface area contributed by atoms with Crippen molar-refractivity contribution in [2.24, 2.45) is 0 Å². The summed E-state index contributed by atoms with van der Waals surface area (Å²) in [6.45, 7) is 0.201. The highest BCUT2D eigenvalue weighted by molar-refractivity contribution is 5.88. The number of non-ortho nitro benzene ring substituents is 2. The lowest BCUT2D eigenvalue weighted by Gasteiger charge is -2.28. The highest BCUT2D eigenvalue weighted by Crippen LogP contribution is 2.46. The van der Waals surface area contributed by atoms with Gasteiger partial charge >= 0.3 is 18.3 Å². The third-order valence-electron chi connectivity index (χ3n) is 9.16. The van der Waals surface area contributed by atoms with Crippen LogP contribution in [0, 0.1) is 20.2 Å². The molecule has 2 aromatic heterocycles. The Morgan fingerprint density at radius 2 is 1.04 bits per heavy atom. The highest BCUT2D eigenvalue weighted by Gasteiger charge is 2.58. The minimum Gasteiger partial charge on any atom is -0.481 e. The molecule has 0 aliphatic carbocycles. The Kier molecular flexibility index (Phi) is 11.6. The van der Waals surface area contributed by atoms with Gasteiger partial charge in [-0.2, -0.15) is 26.3 Å². The number of aliphatic hydroxyl groups is 2. The maximum atomic E-state index is 13.7. The molecule has 3 N–H and O–H groups in total. The van der Waals surface area contributed by atoms with E-state index in [0.29, 0.717) is 5.56 Å². The zero-order chi connectivity index (χ0) is 41.9. The number of hydrogen-bond acceptors (Lipinski definition) is 8. The van der Waals surface area contributed by atoms with Crippen LogP contribution in [0.25, 0.3) is 21.8 Å². The number of carboxylic acid groups (broad SMARTS) is 1. The van der Waals surface area contributed by atoms with E-state index in [-0.39, 0.29) is 52.6 Å². The van der Waals surface area contributed by atoms with Crippen molar-refractivity contribution < 1.29 is 61.1 Å². The molecular formula is C38H30F6N4O9. The van der Waals surface area contributed by atoms with E-state index in [9.17, 15) is 66.4 Å². The summed E-state index contributed by atoms with van der Waals surface area (Å²) in [5.74, 6) is -1.84. The Labute approximate surface area is 316 Å². The molecule has 0 spiro atoms. The number of fused-ring (bicyclic) bond motifs is 2. The van der Waals surface area contributed by atoms with Crippen molar-refractivity contribution in [3.8, 4) is 0 Å². The molecule has 57 heavy (non-hydrogen) atoms. The second-order valence-corrected chi connectivity index (χ2v) is 12.9. The van der Waals surface area contributed by atoms with Gasteiger partial charge in [0.2, 0.25) is 0 Å². The summed E-state index contributed by atoms with van der Waals surface area (Å²) in [5, 5.41) is 51.8. The Balaban J connectivity index is 0.000000218. The average molecular weight is 801 g/mol. The maximum absolute atomic E-state index is 13.7. The number of hydrogen-bond donors (Lipinski definition) is 3. The molecule has 0 aliphatic heterocycles. The predicted molar refractivity (Wildman–Crippen MR) is 191 cm³/mol. The lowest BCUT2D eigenvalue weighted by Crippen LogP contribution is -2.44. The molecule has 0 aliphatic rings. The Morgan fingerprint density at radius 1 is 0.649 bits per heavy atom. The minimum absolute atomic E-state index is 0.000745. The quantitative estimate of drug-likeness (QED) is 0.0481. The summed E-state index contributed by atoms with van der Waals surface area (Å²) < 4.78 is 84.7. The number of rotatable bonds is 12. The molecule has 4 aromatic carbocycles. The van der Waals surface area contributed by atoms with Gasteiger partial charge in [-0.3, -0.25) is 25.0 Å². The number of aromatic nitrogens is 2. The average Bonchev–Trinajstić information content (AvgIpc) is 3.69. The van der Waals surface area contributed by atoms with Crippen molar-refractivity contribution in [2.45, 2.75) is 49.5 Å². The van der Waals surface area contributed by atoms with Gasteiger partial charge < -0.3 is 29.2 Å². The fourth-order valence-corrected chi connectivity index (χ4v) is 6.33. The normalized spacial score (nSPS) is 14.0. The van der Waals surface area contributed by atoms with E-state index in [4.69, 9.17) is 5.11 Å². The number of benzene rings is 4. The van der Waals surface area contributed by atoms with E-state index in [0.717, 1.165) is 54.4 Å². The molecule has 13 nitrogen and oxygen atoms in total. The molecule has 2 heterocycles. The molecule has 2 unspecified atom stereocenters. The van der Waals surface area contributed by atoms with E-state index in [2.05, 4.69) is 0 Å². The maximum Gasteiger partial charge on any atom is 0.422 e. The van der Waals surface area contributed by atoms with Crippen molar-refractivity contribution in [3.05, 3.63) is 152 Å². The number of nitrogens with zero attached hydrogens (tertiary/aromatic N) is 4.